The average molecular weight is 364 g/mol. The molecule has 27 heavy (non-hydrogen) atoms. The number of β-amino-alcohol motifs (C(OH)–C–C–N with tert-alkyl or cyclic N) is 1. The van der Waals surface area contributed by atoms with Crippen LogP contribution >= 0.6 is 0 Å². The lowest BCUT2D eigenvalue weighted by molar-refractivity contribution is 0.0820. The van der Waals surface area contributed by atoms with E-state index in [1.807, 2.05) is 6.07 Å². The topological polar surface area (TPSA) is 23.5 Å². The van der Waals surface area contributed by atoms with Gasteiger partial charge in [-0.2, -0.15) is 0 Å². The molecule has 3 atom stereocenters. The van der Waals surface area contributed by atoms with Gasteiger partial charge in [0.1, 0.15) is 0 Å². The standard InChI is InChI=1S/C25H33NO/c27-24(12-11-20-7-3-1-4-8-20)19-26-15-13-21(14-16-26)17-23-18-25(23)22-9-5-2-6-10-22/h1-10,21,23-25,27H,11-19H2/t23-,24?,25+/m1/s1. The summed E-state index contributed by atoms with van der Waals surface area (Å²) in [5.74, 6) is 2.63. The highest BCUT2D eigenvalue weighted by Crippen LogP contribution is 2.51. The van der Waals surface area contributed by atoms with E-state index in [1.165, 1.54) is 31.2 Å². The van der Waals surface area contributed by atoms with E-state index in [1.54, 1.807) is 5.56 Å². The Morgan fingerprint density at radius 1 is 0.926 bits per heavy atom. The summed E-state index contributed by atoms with van der Waals surface area (Å²) in [6, 6.07) is 21.6. The molecule has 1 heterocycles. The van der Waals surface area contributed by atoms with Crippen molar-refractivity contribution < 1.29 is 5.11 Å². The molecule has 1 unspecified atom stereocenters. The minimum absolute atomic E-state index is 0.201. The van der Waals surface area contributed by atoms with Crippen LogP contribution in [0.4, 0.5) is 0 Å². The molecule has 2 nitrogen and oxygen atoms in total. The molecule has 0 bridgehead atoms. The molecule has 144 valence electrons. The van der Waals surface area contributed by atoms with Gasteiger partial charge in [0.05, 0.1) is 6.10 Å². The van der Waals surface area contributed by atoms with E-state index >= 15 is 0 Å². The lowest BCUT2D eigenvalue weighted by Gasteiger charge is -2.33. The molecule has 0 aromatic heterocycles. The smallest absolute Gasteiger partial charge is 0.0670 e. The van der Waals surface area contributed by atoms with Gasteiger partial charge in [-0.3, -0.25) is 0 Å². The summed E-state index contributed by atoms with van der Waals surface area (Å²) in [6.45, 7) is 3.17. The maximum Gasteiger partial charge on any atom is 0.0670 e. The maximum absolute atomic E-state index is 10.4. The van der Waals surface area contributed by atoms with Gasteiger partial charge >= 0.3 is 0 Å². The van der Waals surface area contributed by atoms with Crippen LogP contribution in [0.25, 0.3) is 0 Å². The fraction of sp³-hybridized carbons (Fsp3) is 0.520. The third kappa shape index (κ3) is 5.43. The summed E-state index contributed by atoms with van der Waals surface area (Å²) in [5, 5.41) is 10.4. The van der Waals surface area contributed by atoms with Crippen LogP contribution < -0.4 is 0 Å². The fourth-order valence-corrected chi connectivity index (χ4v) is 4.82. The molecule has 1 N–H and O–H groups in total. The molecule has 0 radical (unpaired) electrons. The Morgan fingerprint density at radius 3 is 2.30 bits per heavy atom. The first-order valence-corrected chi connectivity index (χ1v) is 10.8. The number of benzene rings is 2. The van der Waals surface area contributed by atoms with E-state index in [2.05, 4.69) is 59.5 Å². The van der Waals surface area contributed by atoms with Crippen LogP contribution in [0.1, 0.15) is 49.1 Å². The minimum atomic E-state index is -0.201. The Labute approximate surface area is 164 Å². The normalized spacial score (nSPS) is 24.6. The van der Waals surface area contributed by atoms with Crippen LogP contribution in [0.3, 0.4) is 0 Å². The SMILES string of the molecule is OC(CCc1ccccc1)CN1CCC(C[C@@H]2C[C@H]2c2ccccc2)CC1. The molecule has 2 heteroatoms. The monoisotopic (exact) mass is 363 g/mol. The molecule has 1 aliphatic heterocycles. The third-order valence-corrected chi connectivity index (χ3v) is 6.57. The van der Waals surface area contributed by atoms with Gasteiger partial charge in [-0.15, -0.1) is 0 Å². The van der Waals surface area contributed by atoms with E-state index in [9.17, 15) is 5.11 Å². The number of nitrogens with zero attached hydrogens (tertiary/aromatic N) is 1. The van der Waals surface area contributed by atoms with Crippen LogP contribution in [0.5, 0.6) is 0 Å². The molecule has 2 aliphatic rings. The molecule has 0 spiro atoms. The van der Waals surface area contributed by atoms with E-state index in [4.69, 9.17) is 0 Å². The fourth-order valence-electron chi connectivity index (χ4n) is 4.82. The molecular formula is C25H33NO. The second-order valence-corrected chi connectivity index (χ2v) is 8.67. The Bertz CT molecular complexity index is 678. The number of aliphatic hydroxyl groups excluding tert-OH is 1. The average Bonchev–Trinajstić information content (AvgIpc) is 3.49. The highest BCUT2D eigenvalue weighted by molar-refractivity contribution is 5.25. The predicted octanol–water partition coefficient (Wildman–Crippen LogP) is 4.89. The number of likely N-dealkylation sites (tertiary alicyclic amines) is 1. The summed E-state index contributed by atoms with van der Waals surface area (Å²) in [4.78, 5) is 2.48. The van der Waals surface area contributed by atoms with Gasteiger partial charge in [0.25, 0.3) is 0 Å². The van der Waals surface area contributed by atoms with Gasteiger partial charge in [0, 0.05) is 6.54 Å². The summed E-state index contributed by atoms with van der Waals surface area (Å²) >= 11 is 0. The molecular weight excluding hydrogens is 330 g/mol. The third-order valence-electron chi connectivity index (χ3n) is 6.57. The summed E-state index contributed by atoms with van der Waals surface area (Å²) < 4.78 is 0. The zero-order chi connectivity index (χ0) is 18.5. The first kappa shape index (κ1) is 18.7. The molecule has 2 aromatic carbocycles. The van der Waals surface area contributed by atoms with Crippen molar-refractivity contribution in [3.63, 3.8) is 0 Å². The van der Waals surface area contributed by atoms with Gasteiger partial charge < -0.3 is 10.0 Å². The highest BCUT2D eigenvalue weighted by Gasteiger charge is 2.39. The van der Waals surface area contributed by atoms with Crippen molar-refractivity contribution in [3.05, 3.63) is 71.8 Å². The van der Waals surface area contributed by atoms with E-state index in [0.29, 0.717) is 0 Å². The Kier molecular flexibility index (Phi) is 6.26. The molecule has 4 rings (SSSR count). The second kappa shape index (κ2) is 9.03. The quantitative estimate of drug-likeness (QED) is 0.722. The van der Waals surface area contributed by atoms with Crippen LogP contribution in [0, 0.1) is 11.8 Å². The van der Waals surface area contributed by atoms with Crippen molar-refractivity contribution in [3.8, 4) is 0 Å². The second-order valence-electron chi connectivity index (χ2n) is 8.67. The summed E-state index contributed by atoms with van der Waals surface area (Å²) in [5.41, 5.74) is 2.87. The Hall–Kier alpha value is -1.64. The number of rotatable bonds is 8. The molecule has 1 saturated carbocycles. The molecule has 2 fully saturated rings. The van der Waals surface area contributed by atoms with Crippen LogP contribution in [0.15, 0.2) is 60.7 Å². The largest absolute Gasteiger partial charge is 0.392 e. The number of hydrogen-bond donors (Lipinski definition) is 1. The van der Waals surface area contributed by atoms with Crippen molar-refractivity contribution in [2.24, 2.45) is 11.8 Å². The molecule has 1 saturated heterocycles. The Morgan fingerprint density at radius 2 is 1.59 bits per heavy atom. The van der Waals surface area contributed by atoms with Gasteiger partial charge in [-0.05, 0) is 80.5 Å². The van der Waals surface area contributed by atoms with Crippen LogP contribution in [-0.2, 0) is 6.42 Å². The minimum Gasteiger partial charge on any atom is -0.392 e. The molecule has 2 aromatic rings. The van der Waals surface area contributed by atoms with E-state index in [0.717, 1.165) is 50.2 Å². The van der Waals surface area contributed by atoms with Crippen molar-refractivity contribution in [2.75, 3.05) is 19.6 Å². The van der Waals surface area contributed by atoms with Crippen LogP contribution in [0.2, 0.25) is 0 Å². The molecule has 0 amide bonds. The number of hydrogen-bond acceptors (Lipinski definition) is 2. The van der Waals surface area contributed by atoms with Gasteiger partial charge in [-0.25, -0.2) is 0 Å². The van der Waals surface area contributed by atoms with Crippen molar-refractivity contribution >= 4 is 0 Å². The molecule has 1 aliphatic carbocycles. The summed E-state index contributed by atoms with van der Waals surface area (Å²) in [7, 11) is 0. The first-order valence-electron chi connectivity index (χ1n) is 10.8. The Balaban J connectivity index is 1.13. The van der Waals surface area contributed by atoms with Crippen molar-refractivity contribution in [2.45, 2.75) is 50.5 Å². The maximum atomic E-state index is 10.4. The van der Waals surface area contributed by atoms with Gasteiger partial charge in [-0.1, -0.05) is 60.7 Å². The first-order chi connectivity index (χ1) is 13.3. The van der Waals surface area contributed by atoms with Crippen molar-refractivity contribution in [1.29, 1.82) is 0 Å². The summed E-state index contributed by atoms with van der Waals surface area (Å²) in [6.07, 6.45) is 7.05. The van der Waals surface area contributed by atoms with Crippen molar-refractivity contribution in [1.82, 2.24) is 4.90 Å². The number of aliphatic hydroxyl groups is 1. The highest BCUT2D eigenvalue weighted by atomic mass is 16.3. The van der Waals surface area contributed by atoms with E-state index in [-0.39, 0.29) is 6.10 Å². The van der Waals surface area contributed by atoms with Gasteiger partial charge in [0.15, 0.2) is 0 Å². The number of piperidine rings is 1. The predicted molar refractivity (Wildman–Crippen MR) is 112 cm³/mol. The lowest BCUT2D eigenvalue weighted by Crippen LogP contribution is -2.39. The van der Waals surface area contributed by atoms with Crippen LogP contribution in [-0.4, -0.2) is 35.7 Å². The van der Waals surface area contributed by atoms with E-state index < -0.39 is 0 Å². The zero-order valence-electron chi connectivity index (χ0n) is 16.3. The lowest BCUT2D eigenvalue weighted by atomic mass is 9.90. The van der Waals surface area contributed by atoms with Gasteiger partial charge in [0.2, 0.25) is 0 Å². The number of aryl methyl sites for hydroxylation is 1. The zero-order valence-corrected chi connectivity index (χ0v) is 16.3.